The molecule has 18 nitrogen and oxygen atoms in total. The molecular formula is C39H49N5O13. The maximum Gasteiger partial charge on any atom is 0.326 e. The summed E-state index contributed by atoms with van der Waals surface area (Å²) in [4.78, 5) is 114. The number of carboxylic acid groups (broad SMARTS) is 4. The molecule has 1 aliphatic rings. The minimum absolute atomic E-state index is 0.401. The Morgan fingerprint density at radius 2 is 1.02 bits per heavy atom. The summed E-state index contributed by atoms with van der Waals surface area (Å²) >= 11 is 0. The highest BCUT2D eigenvalue weighted by molar-refractivity contribution is 5.97. The molecule has 0 spiro atoms. The van der Waals surface area contributed by atoms with Crippen LogP contribution in [0.25, 0.3) is 0 Å². The first kappa shape index (κ1) is 45.1. The molecule has 0 saturated heterocycles. The van der Waals surface area contributed by atoms with E-state index in [9.17, 15) is 63.6 Å². The van der Waals surface area contributed by atoms with Gasteiger partial charge in [0.15, 0.2) is 0 Å². The van der Waals surface area contributed by atoms with Gasteiger partial charge >= 0.3 is 23.9 Å². The molecule has 0 aliphatic heterocycles. The Labute approximate surface area is 328 Å². The monoisotopic (exact) mass is 795 g/mol. The van der Waals surface area contributed by atoms with Crippen LogP contribution in [0.3, 0.4) is 0 Å². The fourth-order valence-corrected chi connectivity index (χ4v) is 6.79. The lowest BCUT2D eigenvalue weighted by molar-refractivity contribution is -0.145. The predicted octanol–water partition coefficient (Wildman–Crippen LogP) is 1.13. The second kappa shape index (κ2) is 22.3. The summed E-state index contributed by atoms with van der Waals surface area (Å²) in [5.74, 6) is -11.8. The zero-order valence-electron chi connectivity index (χ0n) is 31.3. The van der Waals surface area contributed by atoms with Crippen LogP contribution in [0, 0.1) is 5.92 Å². The average molecular weight is 796 g/mol. The SMILES string of the molecule is CC(=O)N[C@@H](CC(=O)O)C(=O)N[C@@H](CCC(=O)O)C(=O)N[C@H](C(=O)N[C@@H](CCC(=O)O)C(=O)N[C@H](C(=O)O)C1CCCCC1)C(c1ccccc1)c1ccccc1. The van der Waals surface area contributed by atoms with E-state index in [-0.39, 0.29) is 0 Å². The lowest BCUT2D eigenvalue weighted by atomic mass is 9.83. The third-order valence-corrected chi connectivity index (χ3v) is 9.55. The zero-order chi connectivity index (χ0) is 42.1. The molecule has 9 N–H and O–H groups in total. The number of hydrogen-bond donors (Lipinski definition) is 9. The van der Waals surface area contributed by atoms with E-state index in [1.54, 1.807) is 60.7 Å². The van der Waals surface area contributed by atoms with Crippen LogP contribution < -0.4 is 26.6 Å². The second-order valence-electron chi connectivity index (χ2n) is 13.8. The molecule has 18 heteroatoms. The molecule has 3 rings (SSSR count). The topological polar surface area (TPSA) is 295 Å². The molecule has 308 valence electrons. The summed E-state index contributed by atoms with van der Waals surface area (Å²) < 4.78 is 0. The van der Waals surface area contributed by atoms with Crippen LogP contribution in [-0.4, -0.2) is 104 Å². The summed E-state index contributed by atoms with van der Waals surface area (Å²) in [6.45, 7) is 1.04. The summed E-state index contributed by atoms with van der Waals surface area (Å²) in [5, 5.41) is 50.3. The molecule has 0 heterocycles. The van der Waals surface area contributed by atoms with Crippen molar-refractivity contribution in [1.29, 1.82) is 0 Å². The van der Waals surface area contributed by atoms with Gasteiger partial charge in [-0.05, 0) is 42.7 Å². The number of hydrogen-bond acceptors (Lipinski definition) is 9. The highest BCUT2D eigenvalue weighted by atomic mass is 16.4. The third-order valence-electron chi connectivity index (χ3n) is 9.55. The molecule has 5 amide bonds. The Balaban J connectivity index is 2.08. The van der Waals surface area contributed by atoms with Crippen LogP contribution in [-0.2, 0) is 43.2 Å². The summed E-state index contributed by atoms with van der Waals surface area (Å²) in [5.41, 5.74) is 0.967. The van der Waals surface area contributed by atoms with Gasteiger partial charge in [-0.2, -0.15) is 0 Å². The molecule has 0 bridgehead atoms. The van der Waals surface area contributed by atoms with Crippen LogP contribution in [0.15, 0.2) is 60.7 Å². The van der Waals surface area contributed by atoms with Crippen molar-refractivity contribution in [2.75, 3.05) is 0 Å². The van der Waals surface area contributed by atoms with E-state index in [0.29, 0.717) is 24.0 Å². The van der Waals surface area contributed by atoms with E-state index >= 15 is 0 Å². The van der Waals surface area contributed by atoms with Crippen molar-refractivity contribution in [3.8, 4) is 0 Å². The highest BCUT2D eigenvalue weighted by Gasteiger charge is 2.39. The zero-order valence-corrected chi connectivity index (χ0v) is 31.3. The number of carbonyl (C=O) groups excluding carboxylic acids is 5. The van der Waals surface area contributed by atoms with E-state index in [4.69, 9.17) is 0 Å². The molecule has 5 atom stereocenters. The van der Waals surface area contributed by atoms with Crippen LogP contribution >= 0.6 is 0 Å². The number of amides is 5. The van der Waals surface area contributed by atoms with Gasteiger partial charge in [-0.3, -0.25) is 38.4 Å². The largest absolute Gasteiger partial charge is 0.481 e. The van der Waals surface area contributed by atoms with Crippen molar-refractivity contribution < 1.29 is 63.6 Å². The summed E-state index contributed by atoms with van der Waals surface area (Å²) in [6.07, 6.45) is 0.348. The average Bonchev–Trinajstić information content (AvgIpc) is 3.16. The van der Waals surface area contributed by atoms with Crippen molar-refractivity contribution in [2.45, 2.75) is 107 Å². The standard InChI is InChI=1S/C39H49N5O13/c1-22(45)40-28(21-31(50)51)37(54)41-26(17-19-29(46)47)36(53)44-34(32(23-11-5-2-6-12-23)24-13-7-3-8-14-24)38(55)42-27(18-20-30(48)49)35(52)43-33(39(56)57)25-15-9-4-10-16-25/h2-3,5-8,11-14,25-28,32-34H,4,9-10,15-21H2,1H3,(H,40,45)(H,41,54)(H,42,55)(H,43,52)(H,44,53)(H,46,47)(H,48,49)(H,50,51)(H,56,57)/t26-,27-,28-,33-,34-/m0/s1. The van der Waals surface area contributed by atoms with E-state index in [1.807, 2.05) is 0 Å². The van der Waals surface area contributed by atoms with E-state index in [2.05, 4.69) is 26.6 Å². The Morgan fingerprint density at radius 1 is 0.561 bits per heavy atom. The van der Waals surface area contributed by atoms with E-state index in [1.165, 1.54) is 0 Å². The molecule has 2 aromatic carbocycles. The van der Waals surface area contributed by atoms with Gasteiger partial charge in [-0.1, -0.05) is 79.9 Å². The third kappa shape index (κ3) is 14.7. The van der Waals surface area contributed by atoms with Gasteiger partial charge in [0.05, 0.1) is 6.42 Å². The van der Waals surface area contributed by atoms with Gasteiger partial charge < -0.3 is 47.0 Å². The number of rotatable bonds is 22. The second-order valence-corrected chi connectivity index (χ2v) is 13.8. The maximum atomic E-state index is 14.5. The van der Waals surface area contributed by atoms with Gasteiger partial charge in [0.1, 0.15) is 30.2 Å². The molecule has 0 radical (unpaired) electrons. The van der Waals surface area contributed by atoms with Crippen molar-refractivity contribution >= 4 is 53.4 Å². The number of benzene rings is 2. The first-order chi connectivity index (χ1) is 27.1. The van der Waals surface area contributed by atoms with Crippen LogP contribution in [0.1, 0.15) is 88.2 Å². The van der Waals surface area contributed by atoms with Gasteiger partial charge in [0.25, 0.3) is 0 Å². The van der Waals surface area contributed by atoms with E-state index < -0.39 is 128 Å². The summed E-state index contributed by atoms with van der Waals surface area (Å²) in [6, 6.07) is 8.82. The first-order valence-corrected chi connectivity index (χ1v) is 18.5. The Hall–Kier alpha value is -6.33. The van der Waals surface area contributed by atoms with Gasteiger partial charge in [0.2, 0.25) is 29.5 Å². The molecule has 1 fully saturated rings. The number of nitrogens with one attached hydrogen (secondary N) is 5. The normalized spacial score (nSPS) is 15.4. The smallest absolute Gasteiger partial charge is 0.326 e. The van der Waals surface area contributed by atoms with Crippen molar-refractivity contribution in [1.82, 2.24) is 26.6 Å². The molecule has 2 aromatic rings. The molecule has 0 aromatic heterocycles. The van der Waals surface area contributed by atoms with Gasteiger partial charge in [-0.25, -0.2) is 4.79 Å². The number of carbonyl (C=O) groups is 9. The van der Waals surface area contributed by atoms with Gasteiger partial charge in [-0.15, -0.1) is 0 Å². The molecule has 0 unspecified atom stereocenters. The lowest BCUT2D eigenvalue weighted by Crippen LogP contribution is -2.60. The van der Waals surface area contributed by atoms with Crippen molar-refractivity contribution in [3.05, 3.63) is 71.8 Å². The molecule has 1 aliphatic carbocycles. The Kier molecular flexibility index (Phi) is 17.6. The lowest BCUT2D eigenvalue weighted by Gasteiger charge is -2.32. The quantitative estimate of drug-likeness (QED) is 0.0809. The minimum atomic E-state index is -1.70. The predicted molar refractivity (Wildman–Crippen MR) is 200 cm³/mol. The van der Waals surface area contributed by atoms with E-state index in [0.717, 1.165) is 26.2 Å². The Morgan fingerprint density at radius 3 is 1.46 bits per heavy atom. The highest BCUT2D eigenvalue weighted by Crippen LogP contribution is 2.30. The molecular weight excluding hydrogens is 746 g/mol. The van der Waals surface area contributed by atoms with Crippen molar-refractivity contribution in [2.24, 2.45) is 5.92 Å². The number of carboxylic acids is 4. The summed E-state index contributed by atoms with van der Waals surface area (Å²) in [7, 11) is 0. The minimum Gasteiger partial charge on any atom is -0.481 e. The molecule has 57 heavy (non-hydrogen) atoms. The Bertz CT molecular complexity index is 1700. The van der Waals surface area contributed by atoms with Gasteiger partial charge in [0, 0.05) is 25.7 Å². The molecule has 1 saturated carbocycles. The van der Waals surface area contributed by atoms with Crippen LogP contribution in [0.4, 0.5) is 0 Å². The van der Waals surface area contributed by atoms with Crippen LogP contribution in [0.5, 0.6) is 0 Å². The van der Waals surface area contributed by atoms with Crippen LogP contribution in [0.2, 0.25) is 0 Å². The fourth-order valence-electron chi connectivity index (χ4n) is 6.79. The first-order valence-electron chi connectivity index (χ1n) is 18.5. The maximum absolute atomic E-state index is 14.5. The fraction of sp³-hybridized carbons (Fsp3) is 0.462. The van der Waals surface area contributed by atoms with Crippen molar-refractivity contribution in [3.63, 3.8) is 0 Å². The number of aliphatic carboxylic acids is 4.